The van der Waals surface area contributed by atoms with Crippen LogP contribution in [0.4, 0.5) is 9.18 Å². The molecule has 3 aliphatic rings. The molecule has 1 aliphatic carbocycles. The summed E-state index contributed by atoms with van der Waals surface area (Å²) in [5.41, 5.74) is 6.46. The zero-order chi connectivity index (χ0) is 20.1. The first kappa shape index (κ1) is 21.8. The van der Waals surface area contributed by atoms with Crippen LogP contribution in [-0.2, 0) is 4.79 Å². The lowest BCUT2D eigenvalue weighted by Crippen LogP contribution is -2.53. The Labute approximate surface area is 177 Å². The van der Waals surface area contributed by atoms with Gasteiger partial charge < -0.3 is 20.4 Å². The van der Waals surface area contributed by atoms with Gasteiger partial charge >= 0.3 is 6.03 Å². The number of rotatable bonds is 2. The standard InChI is InChI=1S/C21H29FN4O2.ClH/c1-24(2)20(28)26-12-15-11-25(19(27)21(23)8-3-4-9-21)13-17(15)18(26)14-6-5-7-16(22)10-14;/h5-7,10,15,17-18H,3-4,8-9,11-13,23H2,1-2H3;1H/t15-,17-,18+;/m1./s1. The predicted octanol–water partition coefficient (Wildman–Crippen LogP) is 2.63. The maximum absolute atomic E-state index is 13.9. The third-order valence-electron chi connectivity index (χ3n) is 6.69. The van der Waals surface area contributed by atoms with E-state index in [1.807, 2.05) is 15.9 Å². The van der Waals surface area contributed by atoms with Crippen molar-refractivity contribution >= 4 is 24.3 Å². The van der Waals surface area contributed by atoms with Gasteiger partial charge in [0.15, 0.2) is 0 Å². The summed E-state index contributed by atoms with van der Waals surface area (Å²) < 4.78 is 13.9. The van der Waals surface area contributed by atoms with Crippen molar-refractivity contribution in [3.05, 3.63) is 35.6 Å². The molecular weight excluding hydrogens is 395 g/mol. The van der Waals surface area contributed by atoms with Gasteiger partial charge in [-0.2, -0.15) is 0 Å². The molecule has 2 heterocycles. The Balaban J connectivity index is 0.00000240. The van der Waals surface area contributed by atoms with Crippen molar-refractivity contribution in [2.24, 2.45) is 17.6 Å². The number of nitrogens with two attached hydrogens (primary N) is 1. The molecule has 1 saturated carbocycles. The van der Waals surface area contributed by atoms with Gasteiger partial charge in [-0.3, -0.25) is 4.79 Å². The normalized spacial score (nSPS) is 27.5. The van der Waals surface area contributed by atoms with Crippen LogP contribution in [0.5, 0.6) is 0 Å². The third kappa shape index (κ3) is 3.82. The quantitative estimate of drug-likeness (QED) is 0.793. The number of benzene rings is 1. The molecule has 0 spiro atoms. The first-order valence-electron chi connectivity index (χ1n) is 10.1. The monoisotopic (exact) mass is 424 g/mol. The van der Waals surface area contributed by atoms with Crippen LogP contribution < -0.4 is 5.73 Å². The summed E-state index contributed by atoms with van der Waals surface area (Å²) in [5, 5.41) is 0. The second-order valence-electron chi connectivity index (χ2n) is 8.83. The van der Waals surface area contributed by atoms with Crippen molar-refractivity contribution in [1.82, 2.24) is 14.7 Å². The molecule has 160 valence electrons. The van der Waals surface area contributed by atoms with E-state index in [1.54, 1.807) is 25.1 Å². The van der Waals surface area contributed by atoms with E-state index >= 15 is 0 Å². The van der Waals surface area contributed by atoms with Crippen LogP contribution in [0.15, 0.2) is 24.3 Å². The summed E-state index contributed by atoms with van der Waals surface area (Å²) in [5.74, 6) is 0.0182. The zero-order valence-electron chi connectivity index (χ0n) is 17.0. The molecule has 1 aromatic carbocycles. The van der Waals surface area contributed by atoms with E-state index < -0.39 is 5.54 Å². The number of likely N-dealkylation sites (tertiary alicyclic amines) is 2. The summed E-state index contributed by atoms with van der Waals surface area (Å²) in [6, 6.07) is 6.17. The molecule has 0 radical (unpaired) electrons. The summed E-state index contributed by atoms with van der Waals surface area (Å²) in [7, 11) is 3.46. The van der Waals surface area contributed by atoms with E-state index in [0.29, 0.717) is 19.6 Å². The van der Waals surface area contributed by atoms with Crippen LogP contribution in [0.3, 0.4) is 0 Å². The van der Waals surface area contributed by atoms with Crippen LogP contribution >= 0.6 is 12.4 Å². The Bertz CT molecular complexity index is 784. The molecule has 6 nitrogen and oxygen atoms in total. The van der Waals surface area contributed by atoms with E-state index in [0.717, 1.165) is 31.2 Å². The molecule has 2 saturated heterocycles. The van der Waals surface area contributed by atoms with Crippen LogP contribution in [0.1, 0.15) is 37.3 Å². The highest BCUT2D eigenvalue weighted by Crippen LogP contribution is 2.46. The van der Waals surface area contributed by atoms with Gasteiger partial charge in [0.05, 0.1) is 11.6 Å². The molecule has 29 heavy (non-hydrogen) atoms. The van der Waals surface area contributed by atoms with E-state index in [-0.39, 0.29) is 48.0 Å². The summed E-state index contributed by atoms with van der Waals surface area (Å²) in [6.45, 7) is 1.76. The van der Waals surface area contributed by atoms with Crippen LogP contribution in [0, 0.1) is 17.7 Å². The lowest BCUT2D eigenvalue weighted by atomic mass is 9.89. The summed E-state index contributed by atoms with van der Waals surface area (Å²) in [4.78, 5) is 31.1. The van der Waals surface area contributed by atoms with Gasteiger partial charge in [-0.15, -0.1) is 12.4 Å². The Morgan fingerprint density at radius 2 is 1.86 bits per heavy atom. The first-order valence-corrected chi connectivity index (χ1v) is 10.1. The van der Waals surface area contributed by atoms with E-state index in [9.17, 15) is 14.0 Å². The Hall–Kier alpha value is -1.86. The van der Waals surface area contributed by atoms with E-state index in [1.165, 1.54) is 12.1 Å². The van der Waals surface area contributed by atoms with Gasteiger partial charge in [0.2, 0.25) is 5.91 Å². The van der Waals surface area contributed by atoms with Crippen LogP contribution in [0.2, 0.25) is 0 Å². The fourth-order valence-corrected chi connectivity index (χ4v) is 5.32. The molecular formula is C21H30ClFN4O2. The fraction of sp³-hybridized carbons (Fsp3) is 0.619. The Morgan fingerprint density at radius 3 is 2.48 bits per heavy atom. The van der Waals surface area contributed by atoms with Crippen molar-refractivity contribution < 1.29 is 14.0 Å². The fourth-order valence-electron chi connectivity index (χ4n) is 5.32. The molecule has 1 aromatic rings. The molecule has 3 fully saturated rings. The maximum Gasteiger partial charge on any atom is 0.320 e. The van der Waals surface area contributed by atoms with Crippen molar-refractivity contribution in [2.75, 3.05) is 33.7 Å². The number of urea groups is 1. The minimum atomic E-state index is -0.730. The lowest BCUT2D eigenvalue weighted by Gasteiger charge is -2.33. The third-order valence-corrected chi connectivity index (χ3v) is 6.69. The number of fused-ring (bicyclic) bond motifs is 1. The average molecular weight is 425 g/mol. The maximum atomic E-state index is 13.9. The highest BCUT2D eigenvalue weighted by molar-refractivity contribution is 5.87. The number of halogens is 2. The van der Waals surface area contributed by atoms with Gasteiger partial charge in [0.25, 0.3) is 0 Å². The minimum absolute atomic E-state index is 0. The molecule has 2 aliphatic heterocycles. The highest BCUT2D eigenvalue weighted by Gasteiger charge is 2.52. The van der Waals surface area contributed by atoms with E-state index in [4.69, 9.17) is 5.73 Å². The number of carbonyl (C=O) groups is 2. The first-order chi connectivity index (χ1) is 13.3. The second-order valence-corrected chi connectivity index (χ2v) is 8.83. The SMILES string of the molecule is CN(C)C(=O)N1C[C@H]2CN(C(=O)C3(N)CCCC3)C[C@H]2[C@@H]1c1cccc(F)c1.Cl. The van der Waals surface area contributed by atoms with Crippen molar-refractivity contribution in [3.63, 3.8) is 0 Å². The van der Waals surface area contributed by atoms with Gasteiger partial charge in [0.1, 0.15) is 5.82 Å². The number of carbonyl (C=O) groups excluding carboxylic acids is 2. The molecule has 4 rings (SSSR count). The number of amides is 3. The van der Waals surface area contributed by atoms with Crippen molar-refractivity contribution in [2.45, 2.75) is 37.3 Å². The van der Waals surface area contributed by atoms with Gasteiger partial charge in [-0.05, 0) is 30.5 Å². The number of hydrogen-bond donors (Lipinski definition) is 1. The van der Waals surface area contributed by atoms with Gasteiger partial charge in [-0.1, -0.05) is 25.0 Å². The topological polar surface area (TPSA) is 69.9 Å². The minimum Gasteiger partial charge on any atom is -0.340 e. The molecule has 0 aromatic heterocycles. The highest BCUT2D eigenvalue weighted by atomic mass is 35.5. The van der Waals surface area contributed by atoms with Gasteiger partial charge in [-0.25, -0.2) is 9.18 Å². The summed E-state index contributed by atoms with van der Waals surface area (Å²) in [6.07, 6.45) is 3.49. The van der Waals surface area contributed by atoms with Crippen LogP contribution in [0.25, 0.3) is 0 Å². The Kier molecular flexibility index (Phi) is 6.11. The molecule has 0 unspecified atom stereocenters. The average Bonchev–Trinajstić information content (AvgIpc) is 3.34. The smallest absolute Gasteiger partial charge is 0.320 e. The second kappa shape index (κ2) is 8.11. The van der Waals surface area contributed by atoms with Crippen molar-refractivity contribution in [1.29, 1.82) is 0 Å². The molecule has 0 bridgehead atoms. The molecule has 3 amide bonds. The van der Waals surface area contributed by atoms with Crippen LogP contribution in [-0.4, -0.2) is 65.9 Å². The number of nitrogens with zero attached hydrogens (tertiary/aromatic N) is 3. The van der Waals surface area contributed by atoms with E-state index in [2.05, 4.69) is 0 Å². The molecule has 3 atom stereocenters. The Morgan fingerprint density at radius 1 is 1.17 bits per heavy atom. The predicted molar refractivity (Wildman–Crippen MR) is 111 cm³/mol. The van der Waals surface area contributed by atoms with Gasteiger partial charge in [0, 0.05) is 45.6 Å². The molecule has 8 heteroatoms. The molecule has 2 N–H and O–H groups in total. The number of hydrogen-bond acceptors (Lipinski definition) is 3. The largest absolute Gasteiger partial charge is 0.340 e. The zero-order valence-corrected chi connectivity index (χ0v) is 17.8. The lowest BCUT2D eigenvalue weighted by molar-refractivity contribution is -0.136. The van der Waals surface area contributed by atoms with Crippen molar-refractivity contribution in [3.8, 4) is 0 Å². The summed E-state index contributed by atoms with van der Waals surface area (Å²) >= 11 is 0.